The van der Waals surface area contributed by atoms with Crippen molar-refractivity contribution < 1.29 is 0 Å². The number of aromatic nitrogens is 4. The van der Waals surface area contributed by atoms with E-state index in [4.69, 9.17) is 0 Å². The summed E-state index contributed by atoms with van der Waals surface area (Å²) in [5.41, 5.74) is 3.66. The van der Waals surface area contributed by atoms with Gasteiger partial charge in [-0.2, -0.15) is 15.5 Å². The summed E-state index contributed by atoms with van der Waals surface area (Å²) in [6.45, 7) is 0. The fourth-order valence-electron chi connectivity index (χ4n) is 5.06. The number of rotatable bonds is 2. The summed E-state index contributed by atoms with van der Waals surface area (Å²) in [6.07, 6.45) is 2.15. The largest absolute Gasteiger partial charge is 0.280 e. The highest BCUT2D eigenvalue weighted by Crippen LogP contribution is 2.84. The van der Waals surface area contributed by atoms with Gasteiger partial charge in [0.1, 0.15) is 0 Å². The second kappa shape index (κ2) is 4.09. The number of benzene rings is 2. The Morgan fingerprint density at radius 2 is 1.40 bits per heavy atom. The summed E-state index contributed by atoms with van der Waals surface area (Å²) in [7, 11) is 0. The number of nitrogens with one attached hydrogen (secondary N) is 2. The smallest absolute Gasteiger partial charge is 0.0924 e. The van der Waals surface area contributed by atoms with Crippen molar-refractivity contribution in [3.8, 4) is 6.07 Å². The molecule has 2 aromatic heterocycles. The van der Waals surface area contributed by atoms with Crippen LogP contribution >= 0.6 is 0 Å². The Balaban J connectivity index is 1.72. The molecule has 1 atom stereocenters. The number of hydrogen-bond donors (Lipinski definition) is 2. The predicted octanol–water partition coefficient (Wildman–Crippen LogP) is 3.66. The third-order valence-electron chi connectivity index (χ3n) is 6.32. The van der Waals surface area contributed by atoms with E-state index in [0.29, 0.717) is 0 Å². The van der Waals surface area contributed by atoms with E-state index in [1.807, 2.05) is 36.4 Å². The van der Waals surface area contributed by atoms with Crippen molar-refractivity contribution in [3.05, 3.63) is 59.9 Å². The summed E-state index contributed by atoms with van der Waals surface area (Å²) < 4.78 is 0. The zero-order valence-electron chi connectivity index (χ0n) is 13.5. The van der Waals surface area contributed by atoms with Gasteiger partial charge in [0.2, 0.25) is 0 Å². The number of aromatic amines is 2. The molecule has 6 rings (SSSR count). The van der Waals surface area contributed by atoms with Crippen molar-refractivity contribution >= 4 is 21.8 Å². The van der Waals surface area contributed by atoms with Crippen molar-refractivity contribution in [1.82, 2.24) is 20.4 Å². The van der Waals surface area contributed by atoms with Crippen LogP contribution in [0.5, 0.6) is 0 Å². The first-order valence-electron chi connectivity index (χ1n) is 8.60. The summed E-state index contributed by atoms with van der Waals surface area (Å²) in [4.78, 5) is 0. The molecule has 2 N–H and O–H groups in total. The minimum atomic E-state index is -0.367. The first-order valence-corrected chi connectivity index (χ1v) is 8.60. The molecule has 0 amide bonds. The van der Waals surface area contributed by atoms with Crippen LogP contribution in [0, 0.1) is 22.7 Å². The lowest BCUT2D eigenvalue weighted by Crippen LogP contribution is -2.17. The van der Waals surface area contributed by atoms with Crippen molar-refractivity contribution in [2.24, 2.45) is 11.3 Å². The number of nitriles is 1. The third-order valence-corrected chi connectivity index (χ3v) is 6.32. The Kier molecular flexibility index (Phi) is 2.16. The van der Waals surface area contributed by atoms with Crippen LogP contribution in [0.15, 0.2) is 48.5 Å². The highest BCUT2D eigenvalue weighted by atomic mass is 15.2. The normalized spacial score (nSPS) is 22.3. The SMILES string of the molecule is N#CC1C2(CC2)C1(c1[nH]nc2ccccc12)c1[nH]nc2ccccc12. The Morgan fingerprint density at radius 1 is 0.880 bits per heavy atom. The maximum atomic E-state index is 9.94. The molecular formula is C20H15N5. The van der Waals surface area contributed by atoms with Gasteiger partial charge >= 0.3 is 0 Å². The van der Waals surface area contributed by atoms with Crippen molar-refractivity contribution in [1.29, 1.82) is 5.26 Å². The third kappa shape index (κ3) is 1.33. The van der Waals surface area contributed by atoms with Crippen LogP contribution in [0.25, 0.3) is 21.8 Å². The number of nitrogens with zero attached hydrogens (tertiary/aromatic N) is 3. The van der Waals surface area contributed by atoms with Crippen molar-refractivity contribution in [3.63, 3.8) is 0 Å². The fraction of sp³-hybridized carbons (Fsp3) is 0.250. The maximum absolute atomic E-state index is 9.94. The average molecular weight is 325 g/mol. The molecule has 2 saturated carbocycles. The molecule has 2 heterocycles. The first kappa shape index (κ1) is 13.2. The number of para-hydroxylation sites is 2. The highest BCUT2D eigenvalue weighted by molar-refractivity contribution is 5.89. The molecule has 2 fully saturated rings. The second-order valence-electron chi connectivity index (χ2n) is 7.26. The molecule has 120 valence electrons. The molecule has 4 aromatic rings. The molecule has 5 nitrogen and oxygen atoms in total. The monoisotopic (exact) mass is 325 g/mol. The molecule has 0 aliphatic heterocycles. The fourth-order valence-corrected chi connectivity index (χ4v) is 5.06. The van der Waals surface area contributed by atoms with E-state index in [1.54, 1.807) is 0 Å². The van der Waals surface area contributed by atoms with Gasteiger partial charge in [-0.25, -0.2) is 0 Å². The van der Waals surface area contributed by atoms with Crippen LogP contribution in [0.2, 0.25) is 0 Å². The molecule has 2 aliphatic carbocycles. The van der Waals surface area contributed by atoms with Crippen LogP contribution in [-0.4, -0.2) is 20.4 Å². The Labute approximate surface area is 143 Å². The van der Waals surface area contributed by atoms with Gasteiger partial charge in [0, 0.05) is 16.2 Å². The van der Waals surface area contributed by atoms with Gasteiger partial charge in [-0.1, -0.05) is 36.4 Å². The van der Waals surface area contributed by atoms with E-state index in [9.17, 15) is 5.26 Å². The van der Waals surface area contributed by atoms with E-state index in [2.05, 4.69) is 38.6 Å². The number of H-pyrrole nitrogens is 2. The molecule has 1 unspecified atom stereocenters. The maximum Gasteiger partial charge on any atom is 0.0924 e. The zero-order chi connectivity index (χ0) is 16.6. The Morgan fingerprint density at radius 3 is 1.84 bits per heavy atom. The van der Waals surface area contributed by atoms with E-state index in [1.165, 1.54) is 0 Å². The Hall–Kier alpha value is -3.13. The molecule has 1 spiro atoms. The minimum absolute atomic E-state index is 0.0202. The summed E-state index contributed by atoms with van der Waals surface area (Å²) in [6, 6.07) is 18.9. The first-order chi connectivity index (χ1) is 12.3. The summed E-state index contributed by atoms with van der Waals surface area (Å²) >= 11 is 0. The molecule has 25 heavy (non-hydrogen) atoms. The molecule has 0 bridgehead atoms. The van der Waals surface area contributed by atoms with E-state index in [-0.39, 0.29) is 16.7 Å². The van der Waals surface area contributed by atoms with Gasteiger partial charge in [0.15, 0.2) is 0 Å². The second-order valence-corrected chi connectivity index (χ2v) is 7.26. The topological polar surface area (TPSA) is 81.1 Å². The molecule has 2 aliphatic rings. The van der Waals surface area contributed by atoms with Gasteiger partial charge < -0.3 is 0 Å². The predicted molar refractivity (Wildman–Crippen MR) is 93.7 cm³/mol. The number of hydrogen-bond acceptors (Lipinski definition) is 3. The van der Waals surface area contributed by atoms with Gasteiger partial charge in [-0.15, -0.1) is 0 Å². The summed E-state index contributed by atoms with van der Waals surface area (Å²) in [5, 5.41) is 27.7. The van der Waals surface area contributed by atoms with Gasteiger partial charge in [-0.3, -0.25) is 10.2 Å². The van der Waals surface area contributed by atoms with Crippen LogP contribution in [0.1, 0.15) is 24.2 Å². The summed E-state index contributed by atoms with van der Waals surface area (Å²) in [5.74, 6) is -0.0484. The van der Waals surface area contributed by atoms with Gasteiger partial charge in [0.05, 0.1) is 39.8 Å². The lowest BCUT2D eigenvalue weighted by Gasteiger charge is -2.15. The average Bonchev–Trinajstić information content (AvgIpc) is 3.40. The molecule has 0 saturated heterocycles. The lowest BCUT2D eigenvalue weighted by atomic mass is 9.88. The van der Waals surface area contributed by atoms with E-state index in [0.717, 1.165) is 46.0 Å². The van der Waals surface area contributed by atoms with Gasteiger partial charge in [0.25, 0.3) is 0 Å². The van der Waals surface area contributed by atoms with Crippen LogP contribution in [0.3, 0.4) is 0 Å². The molecular weight excluding hydrogens is 310 g/mol. The highest BCUT2D eigenvalue weighted by Gasteiger charge is 2.85. The molecule has 2 aromatic carbocycles. The standard InChI is InChI=1S/C20H15N5/c21-11-16-19(9-10-19)20(16,17-12-5-1-3-7-14(12)22-24-17)18-13-6-2-4-8-15(13)23-25-18/h1-8,16H,9-10H2,(H,22,24)(H,23,25). The minimum Gasteiger partial charge on any atom is -0.280 e. The van der Waals surface area contributed by atoms with Crippen LogP contribution in [-0.2, 0) is 5.41 Å². The van der Waals surface area contributed by atoms with E-state index < -0.39 is 0 Å². The van der Waals surface area contributed by atoms with Crippen molar-refractivity contribution in [2.75, 3.05) is 0 Å². The zero-order valence-corrected chi connectivity index (χ0v) is 13.5. The number of fused-ring (bicyclic) bond motifs is 2. The van der Waals surface area contributed by atoms with Crippen LogP contribution < -0.4 is 0 Å². The lowest BCUT2D eigenvalue weighted by molar-refractivity contribution is 0.659. The van der Waals surface area contributed by atoms with Crippen molar-refractivity contribution in [2.45, 2.75) is 18.3 Å². The molecule has 0 radical (unpaired) electrons. The molecule has 5 heteroatoms. The quantitative estimate of drug-likeness (QED) is 0.590. The van der Waals surface area contributed by atoms with Gasteiger partial charge in [-0.05, 0) is 25.0 Å². The Bertz CT molecular complexity index is 1110. The van der Waals surface area contributed by atoms with Crippen LogP contribution in [0.4, 0.5) is 0 Å². The van der Waals surface area contributed by atoms with E-state index >= 15 is 0 Å².